The largest absolute Gasteiger partial charge is 0.306 e. The minimum atomic E-state index is -0.339. The van der Waals surface area contributed by atoms with E-state index in [1.807, 2.05) is 0 Å². The number of hydrogen-bond donors (Lipinski definition) is 1. The molecule has 0 radical (unpaired) electrons. The molecule has 21 heavy (non-hydrogen) atoms. The molecule has 0 aliphatic carbocycles. The third-order valence-electron chi connectivity index (χ3n) is 3.38. The molecule has 1 aromatic carbocycles. The van der Waals surface area contributed by atoms with Crippen molar-refractivity contribution in [3.05, 3.63) is 59.7 Å². The van der Waals surface area contributed by atoms with Gasteiger partial charge in [-0.25, -0.2) is 0 Å². The Balaban J connectivity index is 2.14. The summed E-state index contributed by atoms with van der Waals surface area (Å²) >= 11 is 5.14. The number of halogens is 1. The van der Waals surface area contributed by atoms with Crippen molar-refractivity contribution in [2.75, 3.05) is 0 Å². The second kappa shape index (κ2) is 6.68. The van der Waals surface area contributed by atoms with Gasteiger partial charge in [-0.1, -0.05) is 15.9 Å². The lowest BCUT2D eigenvalue weighted by Gasteiger charge is -2.14. The molecular formula is C15H17BrN2O2S. The van der Waals surface area contributed by atoms with Crippen LogP contribution in [0.1, 0.15) is 33.8 Å². The highest BCUT2D eigenvalue weighted by atomic mass is 79.9. The molecule has 0 fully saturated rings. The number of rotatable bonds is 5. The van der Waals surface area contributed by atoms with Crippen LogP contribution in [0.15, 0.2) is 28.7 Å². The molecule has 112 valence electrons. The summed E-state index contributed by atoms with van der Waals surface area (Å²) in [6, 6.07) is 7.35. The van der Waals surface area contributed by atoms with Crippen LogP contribution in [0.2, 0.25) is 0 Å². The van der Waals surface area contributed by atoms with Crippen molar-refractivity contribution in [2.45, 2.75) is 33.4 Å². The van der Waals surface area contributed by atoms with Gasteiger partial charge in [0.1, 0.15) is 0 Å². The molecule has 0 spiro atoms. The summed E-state index contributed by atoms with van der Waals surface area (Å²) in [6.45, 7) is 6.74. The lowest BCUT2D eigenvalue weighted by Crippen LogP contribution is -2.19. The molecule has 2 rings (SSSR count). The molecular weight excluding hydrogens is 352 g/mol. The van der Waals surface area contributed by atoms with Gasteiger partial charge in [-0.3, -0.25) is 10.1 Å². The highest BCUT2D eigenvalue weighted by molar-refractivity contribution is 9.10. The molecule has 0 amide bonds. The van der Waals surface area contributed by atoms with Crippen LogP contribution in [-0.4, -0.2) is 4.92 Å². The Morgan fingerprint density at radius 2 is 2.10 bits per heavy atom. The van der Waals surface area contributed by atoms with Crippen LogP contribution in [-0.2, 0) is 6.54 Å². The zero-order chi connectivity index (χ0) is 15.6. The molecule has 1 aromatic heterocycles. The van der Waals surface area contributed by atoms with E-state index in [1.165, 1.54) is 21.4 Å². The first-order valence-electron chi connectivity index (χ1n) is 6.61. The van der Waals surface area contributed by atoms with Gasteiger partial charge in [0.2, 0.25) is 0 Å². The number of benzene rings is 1. The van der Waals surface area contributed by atoms with Crippen molar-refractivity contribution in [3.8, 4) is 0 Å². The highest BCUT2D eigenvalue weighted by Gasteiger charge is 2.16. The molecule has 0 bridgehead atoms. The fourth-order valence-electron chi connectivity index (χ4n) is 2.33. The van der Waals surface area contributed by atoms with Crippen LogP contribution < -0.4 is 5.32 Å². The first-order valence-corrected chi connectivity index (χ1v) is 8.22. The van der Waals surface area contributed by atoms with Gasteiger partial charge < -0.3 is 5.32 Å². The van der Waals surface area contributed by atoms with Crippen LogP contribution in [0.5, 0.6) is 0 Å². The van der Waals surface area contributed by atoms with Crippen LogP contribution >= 0.6 is 27.3 Å². The Morgan fingerprint density at radius 1 is 1.38 bits per heavy atom. The first-order chi connectivity index (χ1) is 9.88. The molecule has 4 nitrogen and oxygen atoms in total. The molecule has 0 saturated heterocycles. The molecule has 0 saturated carbocycles. The monoisotopic (exact) mass is 368 g/mol. The van der Waals surface area contributed by atoms with E-state index in [4.69, 9.17) is 0 Å². The number of nitrogens with one attached hydrogen (secondary N) is 1. The van der Waals surface area contributed by atoms with E-state index in [0.717, 1.165) is 4.47 Å². The van der Waals surface area contributed by atoms with Gasteiger partial charge in [-0.2, -0.15) is 0 Å². The minimum absolute atomic E-state index is 0.149. The lowest BCUT2D eigenvalue weighted by atomic mass is 10.1. The maximum atomic E-state index is 11.1. The van der Waals surface area contributed by atoms with Gasteiger partial charge in [0.15, 0.2) is 0 Å². The zero-order valence-corrected chi connectivity index (χ0v) is 14.5. The Hall–Kier alpha value is -1.24. The predicted molar refractivity (Wildman–Crippen MR) is 89.8 cm³/mol. The third kappa shape index (κ3) is 3.90. The molecule has 0 aliphatic rings. The van der Waals surface area contributed by atoms with E-state index in [1.54, 1.807) is 23.5 Å². The minimum Gasteiger partial charge on any atom is -0.306 e. The van der Waals surface area contributed by atoms with Crippen LogP contribution in [0.25, 0.3) is 0 Å². The normalized spacial score (nSPS) is 12.4. The Morgan fingerprint density at radius 3 is 2.67 bits per heavy atom. The quantitative estimate of drug-likeness (QED) is 0.603. The van der Waals surface area contributed by atoms with Crippen LogP contribution in [0.3, 0.4) is 0 Å². The van der Waals surface area contributed by atoms with Gasteiger partial charge in [0.25, 0.3) is 5.69 Å². The van der Waals surface area contributed by atoms with E-state index in [9.17, 15) is 10.1 Å². The van der Waals surface area contributed by atoms with Crippen molar-refractivity contribution < 1.29 is 4.92 Å². The van der Waals surface area contributed by atoms with Crippen molar-refractivity contribution in [3.63, 3.8) is 0 Å². The number of thiophene rings is 1. The standard InChI is InChI=1S/C15H17BrN2O2S/c1-9-6-14(11(3)21-9)10(2)17-8-12-7-13(16)4-5-15(12)18(19)20/h4-7,10,17H,8H2,1-3H3. The second-order valence-electron chi connectivity index (χ2n) is 5.00. The van der Waals surface area contributed by atoms with Gasteiger partial charge in [-0.15, -0.1) is 11.3 Å². The van der Waals surface area contributed by atoms with E-state index >= 15 is 0 Å². The number of aryl methyl sites for hydroxylation is 2. The zero-order valence-electron chi connectivity index (χ0n) is 12.1. The highest BCUT2D eigenvalue weighted by Crippen LogP contribution is 2.27. The molecule has 1 heterocycles. The predicted octanol–water partition coefficient (Wildman–Crippen LogP) is 4.89. The van der Waals surface area contributed by atoms with E-state index in [-0.39, 0.29) is 16.7 Å². The molecule has 6 heteroatoms. The SMILES string of the molecule is Cc1cc(C(C)NCc2cc(Br)ccc2[N+](=O)[O-])c(C)s1. The van der Waals surface area contributed by atoms with Gasteiger partial charge >= 0.3 is 0 Å². The number of hydrogen-bond acceptors (Lipinski definition) is 4. The summed E-state index contributed by atoms with van der Waals surface area (Å²) in [4.78, 5) is 13.3. The van der Waals surface area contributed by atoms with Crippen molar-refractivity contribution in [1.82, 2.24) is 5.32 Å². The van der Waals surface area contributed by atoms with E-state index in [0.29, 0.717) is 12.1 Å². The van der Waals surface area contributed by atoms with Crippen LogP contribution in [0, 0.1) is 24.0 Å². The van der Waals surface area contributed by atoms with Gasteiger partial charge in [0, 0.05) is 38.4 Å². The molecule has 2 aromatic rings. The Bertz CT molecular complexity index is 670. The third-order valence-corrected chi connectivity index (χ3v) is 4.86. The number of nitro groups is 1. The molecule has 1 atom stereocenters. The van der Waals surface area contributed by atoms with Crippen molar-refractivity contribution in [2.24, 2.45) is 0 Å². The second-order valence-corrected chi connectivity index (χ2v) is 7.38. The van der Waals surface area contributed by atoms with Crippen molar-refractivity contribution in [1.29, 1.82) is 0 Å². The van der Waals surface area contributed by atoms with E-state index < -0.39 is 0 Å². The first kappa shape index (κ1) is 16.1. The number of nitro benzene ring substituents is 1. The van der Waals surface area contributed by atoms with E-state index in [2.05, 4.69) is 48.1 Å². The van der Waals surface area contributed by atoms with Gasteiger partial charge in [-0.05, 0) is 44.5 Å². The summed E-state index contributed by atoms with van der Waals surface area (Å²) in [7, 11) is 0. The van der Waals surface area contributed by atoms with Gasteiger partial charge in [0.05, 0.1) is 4.92 Å². The average molecular weight is 369 g/mol. The van der Waals surface area contributed by atoms with Crippen LogP contribution in [0.4, 0.5) is 5.69 Å². The number of nitrogens with zero attached hydrogens (tertiary/aromatic N) is 1. The molecule has 1 unspecified atom stereocenters. The fraction of sp³-hybridized carbons (Fsp3) is 0.333. The molecule has 0 aliphatic heterocycles. The maximum Gasteiger partial charge on any atom is 0.273 e. The smallest absolute Gasteiger partial charge is 0.273 e. The summed E-state index contributed by atoms with van der Waals surface area (Å²) < 4.78 is 0.847. The lowest BCUT2D eigenvalue weighted by molar-refractivity contribution is -0.385. The molecule has 1 N–H and O–H groups in total. The Kier molecular flexibility index (Phi) is 5.13. The van der Waals surface area contributed by atoms with Crippen molar-refractivity contribution >= 4 is 33.0 Å². The summed E-state index contributed by atoms with van der Waals surface area (Å²) in [5.74, 6) is 0. The maximum absolute atomic E-state index is 11.1. The topological polar surface area (TPSA) is 55.2 Å². The fourth-order valence-corrected chi connectivity index (χ4v) is 3.76. The Labute approximate surface area is 136 Å². The summed E-state index contributed by atoms with van der Waals surface area (Å²) in [6.07, 6.45) is 0. The summed E-state index contributed by atoms with van der Waals surface area (Å²) in [5, 5.41) is 14.4. The average Bonchev–Trinajstić information content (AvgIpc) is 2.74. The summed E-state index contributed by atoms with van der Waals surface area (Å²) in [5.41, 5.74) is 2.09.